The van der Waals surface area contributed by atoms with Crippen molar-refractivity contribution in [3.05, 3.63) is 82.3 Å². The molecule has 2 aliphatic rings. The SMILES string of the molecule is CN1C(=O)NC(c2ccc(F)cc2)C2=C1CN(CC(=O)NCc1cccc(C(F)(F)F)c1)C2=O. The summed E-state index contributed by atoms with van der Waals surface area (Å²) in [6.07, 6.45) is -4.49. The third kappa shape index (κ3) is 4.59. The number of rotatable bonds is 5. The second-order valence-electron chi connectivity index (χ2n) is 7.99. The molecule has 2 aliphatic heterocycles. The summed E-state index contributed by atoms with van der Waals surface area (Å²) in [5.74, 6) is -1.50. The highest BCUT2D eigenvalue weighted by molar-refractivity contribution is 6.02. The first kappa shape index (κ1) is 23.3. The van der Waals surface area contributed by atoms with E-state index in [1.807, 2.05) is 0 Å². The van der Waals surface area contributed by atoms with E-state index in [-0.39, 0.29) is 30.8 Å². The molecule has 0 bridgehead atoms. The minimum absolute atomic E-state index is 0.00671. The summed E-state index contributed by atoms with van der Waals surface area (Å²) in [5.41, 5.74) is 0.657. The van der Waals surface area contributed by atoms with Crippen LogP contribution >= 0.6 is 0 Å². The van der Waals surface area contributed by atoms with Crippen molar-refractivity contribution >= 4 is 17.8 Å². The van der Waals surface area contributed by atoms with E-state index in [0.717, 1.165) is 12.1 Å². The second kappa shape index (κ2) is 8.81. The predicted octanol–water partition coefficient (Wildman–Crippen LogP) is 2.95. The van der Waals surface area contributed by atoms with Gasteiger partial charge in [0.1, 0.15) is 12.4 Å². The van der Waals surface area contributed by atoms with E-state index in [9.17, 15) is 31.9 Å². The van der Waals surface area contributed by atoms with Gasteiger partial charge in [-0.1, -0.05) is 24.3 Å². The van der Waals surface area contributed by atoms with Crippen LogP contribution in [0.25, 0.3) is 0 Å². The second-order valence-corrected chi connectivity index (χ2v) is 7.99. The monoisotopic (exact) mass is 476 g/mol. The first-order valence-electron chi connectivity index (χ1n) is 10.3. The number of hydrogen-bond donors (Lipinski definition) is 2. The summed E-state index contributed by atoms with van der Waals surface area (Å²) in [4.78, 5) is 40.5. The summed E-state index contributed by atoms with van der Waals surface area (Å²) in [6, 6.07) is 8.72. The van der Waals surface area contributed by atoms with Crippen molar-refractivity contribution in [2.24, 2.45) is 0 Å². The van der Waals surface area contributed by atoms with E-state index >= 15 is 0 Å². The van der Waals surface area contributed by atoms with Gasteiger partial charge in [0, 0.05) is 13.6 Å². The Morgan fingerprint density at radius 1 is 1.15 bits per heavy atom. The minimum Gasteiger partial charge on any atom is -0.350 e. The Kier molecular flexibility index (Phi) is 6.03. The van der Waals surface area contributed by atoms with Crippen LogP contribution in [0.1, 0.15) is 22.7 Å². The standard InChI is InChI=1S/C23H20F4N4O3/c1-30-17-11-31(12-18(32)28-10-13-3-2-4-15(9-13)23(25,26)27)21(33)19(17)20(29-22(30)34)14-5-7-16(24)8-6-14/h2-9,20H,10-12H2,1H3,(H,28,32)(H,29,34). The van der Waals surface area contributed by atoms with Gasteiger partial charge in [0.15, 0.2) is 0 Å². The van der Waals surface area contributed by atoms with Crippen LogP contribution in [0, 0.1) is 5.82 Å². The van der Waals surface area contributed by atoms with E-state index in [1.54, 1.807) is 0 Å². The molecule has 178 valence electrons. The first-order chi connectivity index (χ1) is 16.0. The van der Waals surface area contributed by atoms with Crippen LogP contribution in [0.4, 0.5) is 22.4 Å². The molecule has 2 aromatic carbocycles. The molecule has 0 radical (unpaired) electrons. The van der Waals surface area contributed by atoms with Gasteiger partial charge in [-0.05, 0) is 35.4 Å². The molecule has 2 aromatic rings. The van der Waals surface area contributed by atoms with Crippen molar-refractivity contribution in [2.45, 2.75) is 18.8 Å². The number of halogens is 4. The fraction of sp³-hybridized carbons (Fsp3) is 0.261. The zero-order valence-corrected chi connectivity index (χ0v) is 17.9. The Labute approximate surface area is 192 Å². The highest BCUT2D eigenvalue weighted by Gasteiger charge is 2.43. The van der Waals surface area contributed by atoms with Crippen molar-refractivity contribution in [1.82, 2.24) is 20.4 Å². The van der Waals surface area contributed by atoms with Gasteiger partial charge in [-0.2, -0.15) is 13.2 Å². The summed E-state index contributed by atoms with van der Waals surface area (Å²) in [7, 11) is 1.50. The normalized spacial score (nSPS) is 18.2. The average Bonchev–Trinajstić information content (AvgIpc) is 3.11. The van der Waals surface area contributed by atoms with Crippen LogP contribution in [0.15, 0.2) is 59.8 Å². The molecule has 11 heteroatoms. The fourth-order valence-electron chi connectivity index (χ4n) is 3.94. The molecular formula is C23H20F4N4O3. The van der Waals surface area contributed by atoms with Crippen LogP contribution in [0.3, 0.4) is 0 Å². The zero-order valence-electron chi connectivity index (χ0n) is 17.9. The number of hydrogen-bond acceptors (Lipinski definition) is 3. The Bertz CT molecular complexity index is 1180. The molecule has 1 unspecified atom stereocenters. The smallest absolute Gasteiger partial charge is 0.350 e. The molecule has 0 saturated carbocycles. The highest BCUT2D eigenvalue weighted by atomic mass is 19.4. The van der Waals surface area contributed by atoms with Crippen LogP contribution < -0.4 is 10.6 Å². The highest BCUT2D eigenvalue weighted by Crippen LogP contribution is 2.35. The van der Waals surface area contributed by atoms with E-state index in [4.69, 9.17) is 0 Å². The number of amides is 4. The van der Waals surface area contributed by atoms with Crippen LogP contribution in [0.2, 0.25) is 0 Å². The maximum absolute atomic E-state index is 13.3. The number of alkyl halides is 3. The van der Waals surface area contributed by atoms with Crippen molar-refractivity contribution in [1.29, 1.82) is 0 Å². The molecule has 0 spiro atoms. The Hall–Kier alpha value is -3.89. The van der Waals surface area contributed by atoms with Gasteiger partial charge in [-0.25, -0.2) is 9.18 Å². The number of carbonyl (C=O) groups excluding carboxylic acids is 3. The van der Waals surface area contributed by atoms with Gasteiger partial charge in [0.05, 0.1) is 29.4 Å². The largest absolute Gasteiger partial charge is 0.416 e. The lowest BCUT2D eigenvalue weighted by Crippen LogP contribution is -2.45. The topological polar surface area (TPSA) is 81.8 Å². The first-order valence-corrected chi connectivity index (χ1v) is 10.3. The number of likely N-dealkylation sites (N-methyl/N-ethyl adjacent to an activating group) is 1. The van der Waals surface area contributed by atoms with E-state index < -0.39 is 41.4 Å². The number of nitrogens with zero attached hydrogens (tertiary/aromatic N) is 2. The lowest BCUT2D eigenvalue weighted by atomic mass is 9.96. The molecule has 7 nitrogen and oxygen atoms in total. The molecule has 34 heavy (non-hydrogen) atoms. The molecule has 0 saturated heterocycles. The minimum atomic E-state index is -4.49. The quantitative estimate of drug-likeness (QED) is 0.652. The van der Waals surface area contributed by atoms with Crippen LogP contribution in [-0.2, 0) is 22.3 Å². The molecule has 2 N–H and O–H groups in total. The number of benzene rings is 2. The van der Waals surface area contributed by atoms with Crippen molar-refractivity contribution < 1.29 is 31.9 Å². The Morgan fingerprint density at radius 2 is 1.85 bits per heavy atom. The summed E-state index contributed by atoms with van der Waals surface area (Å²) in [6.45, 7) is -0.480. The van der Waals surface area contributed by atoms with Gasteiger partial charge < -0.3 is 15.5 Å². The Balaban J connectivity index is 1.45. The summed E-state index contributed by atoms with van der Waals surface area (Å²) < 4.78 is 51.9. The van der Waals surface area contributed by atoms with Crippen LogP contribution in [0.5, 0.6) is 0 Å². The number of carbonyl (C=O) groups is 3. The number of nitrogens with one attached hydrogen (secondary N) is 2. The van der Waals surface area contributed by atoms with Crippen molar-refractivity contribution in [2.75, 3.05) is 20.1 Å². The maximum atomic E-state index is 13.3. The molecule has 0 aromatic heterocycles. The number of urea groups is 1. The van der Waals surface area contributed by atoms with Gasteiger partial charge >= 0.3 is 12.2 Å². The molecule has 0 aliphatic carbocycles. The van der Waals surface area contributed by atoms with Gasteiger partial charge in [-0.15, -0.1) is 0 Å². The molecule has 4 amide bonds. The molecule has 2 heterocycles. The lowest BCUT2D eigenvalue weighted by Gasteiger charge is -2.31. The Morgan fingerprint density at radius 3 is 2.53 bits per heavy atom. The van der Waals surface area contributed by atoms with Crippen molar-refractivity contribution in [3.8, 4) is 0 Å². The zero-order chi connectivity index (χ0) is 24.6. The average molecular weight is 476 g/mol. The molecular weight excluding hydrogens is 456 g/mol. The molecule has 0 fully saturated rings. The van der Waals surface area contributed by atoms with E-state index in [2.05, 4.69) is 10.6 Å². The molecule has 4 rings (SSSR count). The predicted molar refractivity (Wildman–Crippen MR) is 112 cm³/mol. The van der Waals surface area contributed by atoms with Crippen molar-refractivity contribution in [3.63, 3.8) is 0 Å². The molecule has 1 atom stereocenters. The summed E-state index contributed by atoms with van der Waals surface area (Å²) >= 11 is 0. The van der Waals surface area contributed by atoms with Gasteiger partial charge in [0.2, 0.25) is 5.91 Å². The van der Waals surface area contributed by atoms with Gasteiger partial charge in [0.25, 0.3) is 5.91 Å². The van der Waals surface area contributed by atoms with Crippen LogP contribution in [-0.4, -0.2) is 47.8 Å². The third-order valence-electron chi connectivity index (χ3n) is 5.72. The van der Waals surface area contributed by atoms with E-state index in [0.29, 0.717) is 11.3 Å². The summed E-state index contributed by atoms with van der Waals surface area (Å²) in [5, 5.41) is 5.23. The fourth-order valence-corrected chi connectivity index (χ4v) is 3.94. The van der Waals surface area contributed by atoms with Gasteiger partial charge in [-0.3, -0.25) is 14.5 Å². The lowest BCUT2D eigenvalue weighted by molar-refractivity contribution is -0.137. The maximum Gasteiger partial charge on any atom is 0.416 e. The third-order valence-corrected chi connectivity index (χ3v) is 5.72. The van der Waals surface area contributed by atoms with E-state index in [1.165, 1.54) is 53.2 Å².